The van der Waals surface area contributed by atoms with E-state index >= 15 is 0 Å². The molecule has 1 aromatic rings. The highest BCUT2D eigenvalue weighted by Gasteiger charge is 2.12. The number of hydrogen-bond acceptors (Lipinski definition) is 7. The van der Waals surface area contributed by atoms with Crippen LogP contribution in [0.2, 0.25) is 0 Å². The van der Waals surface area contributed by atoms with Gasteiger partial charge in [0, 0.05) is 19.3 Å². The van der Waals surface area contributed by atoms with Gasteiger partial charge in [0.05, 0.1) is 27.4 Å². The highest BCUT2D eigenvalue weighted by atomic mass is 79.9. The van der Waals surface area contributed by atoms with Crippen LogP contribution in [0.15, 0.2) is 15.3 Å². The zero-order valence-corrected chi connectivity index (χ0v) is 18.6. The summed E-state index contributed by atoms with van der Waals surface area (Å²) in [4.78, 5) is 4.17. The third-order valence-corrected chi connectivity index (χ3v) is 6.06. The average molecular weight is 539 g/mol. The zero-order chi connectivity index (χ0) is 19.8. The molecule has 26 heavy (non-hydrogen) atoms. The summed E-state index contributed by atoms with van der Waals surface area (Å²) in [6.07, 6.45) is 3.33. The van der Waals surface area contributed by atoms with Crippen molar-refractivity contribution in [2.45, 2.75) is 25.7 Å². The van der Waals surface area contributed by atoms with Crippen LogP contribution in [0.3, 0.4) is 0 Å². The predicted molar refractivity (Wildman–Crippen MR) is 108 cm³/mol. The highest BCUT2D eigenvalue weighted by Crippen LogP contribution is 2.35. The lowest BCUT2D eigenvalue weighted by Crippen LogP contribution is -2.12. The normalized spacial score (nSPS) is 12.2. The van der Waals surface area contributed by atoms with Crippen LogP contribution in [0.4, 0.5) is 11.4 Å². The Bertz CT molecular complexity index is 735. The molecule has 0 aliphatic carbocycles. The van der Waals surface area contributed by atoms with Crippen LogP contribution >= 0.6 is 31.9 Å². The van der Waals surface area contributed by atoms with Crippen molar-refractivity contribution in [1.82, 2.24) is 4.98 Å². The Hall–Kier alpha value is -0.470. The van der Waals surface area contributed by atoms with E-state index in [9.17, 15) is 16.8 Å². The van der Waals surface area contributed by atoms with Crippen LogP contribution in [-0.2, 0) is 20.2 Å². The van der Waals surface area contributed by atoms with Gasteiger partial charge in [0.2, 0.25) is 0 Å². The summed E-state index contributed by atoms with van der Waals surface area (Å²) in [5.41, 5.74) is 1.41. The number of halogens is 2. The fraction of sp³-hybridized carbons (Fsp3) is 0.615. The zero-order valence-electron chi connectivity index (χ0n) is 13.8. The van der Waals surface area contributed by atoms with Gasteiger partial charge in [-0.25, -0.2) is 4.98 Å². The van der Waals surface area contributed by atoms with Gasteiger partial charge in [0.25, 0.3) is 20.2 Å². The molecule has 9 nitrogen and oxygen atoms in total. The first kappa shape index (κ1) is 23.6. The van der Waals surface area contributed by atoms with E-state index in [0.717, 1.165) is 5.69 Å². The molecule has 0 aliphatic heterocycles. The van der Waals surface area contributed by atoms with Crippen LogP contribution in [0.5, 0.6) is 0 Å². The molecule has 150 valence electrons. The molecule has 1 aromatic heterocycles. The van der Waals surface area contributed by atoms with E-state index < -0.39 is 20.2 Å². The van der Waals surface area contributed by atoms with Gasteiger partial charge in [-0.3, -0.25) is 9.11 Å². The maximum atomic E-state index is 10.7. The SMILES string of the molecule is O=S(=O)(O)CCCCNc1c(Br)cnc(Br)c1NCCCCS(=O)(=O)O. The summed E-state index contributed by atoms with van der Waals surface area (Å²) in [5.74, 6) is -0.569. The number of unbranched alkanes of at least 4 members (excludes halogenated alkanes) is 2. The number of nitrogens with zero attached hydrogens (tertiary/aromatic N) is 1. The Morgan fingerprint density at radius 3 is 1.77 bits per heavy atom. The van der Waals surface area contributed by atoms with Crippen LogP contribution in [-0.4, -0.2) is 55.5 Å². The van der Waals surface area contributed by atoms with Gasteiger partial charge in [-0.15, -0.1) is 0 Å². The van der Waals surface area contributed by atoms with Gasteiger partial charge < -0.3 is 10.6 Å². The molecule has 0 saturated heterocycles. The van der Waals surface area contributed by atoms with Crippen LogP contribution in [0.1, 0.15) is 25.7 Å². The fourth-order valence-electron chi connectivity index (χ4n) is 2.04. The first-order valence-electron chi connectivity index (χ1n) is 7.71. The van der Waals surface area contributed by atoms with Gasteiger partial charge in [0.1, 0.15) is 4.60 Å². The van der Waals surface area contributed by atoms with E-state index in [2.05, 4.69) is 47.5 Å². The van der Waals surface area contributed by atoms with E-state index in [1.165, 1.54) is 0 Å². The summed E-state index contributed by atoms with van der Waals surface area (Å²) < 4.78 is 61.5. The van der Waals surface area contributed by atoms with Gasteiger partial charge in [-0.2, -0.15) is 16.8 Å². The van der Waals surface area contributed by atoms with E-state index in [-0.39, 0.29) is 11.5 Å². The third kappa shape index (κ3) is 10.0. The molecule has 0 atom stereocenters. The van der Waals surface area contributed by atoms with Crippen molar-refractivity contribution in [1.29, 1.82) is 0 Å². The largest absolute Gasteiger partial charge is 0.382 e. The predicted octanol–water partition coefficient (Wildman–Crippen LogP) is 2.77. The van der Waals surface area contributed by atoms with Crippen molar-refractivity contribution < 1.29 is 25.9 Å². The minimum Gasteiger partial charge on any atom is -0.382 e. The number of nitrogens with one attached hydrogen (secondary N) is 2. The van der Waals surface area contributed by atoms with Crippen LogP contribution < -0.4 is 10.6 Å². The molecule has 0 bridgehead atoms. The van der Waals surface area contributed by atoms with Crippen molar-refractivity contribution in [3.05, 3.63) is 15.3 Å². The lowest BCUT2D eigenvalue weighted by atomic mass is 10.3. The molecule has 0 fully saturated rings. The molecule has 4 N–H and O–H groups in total. The van der Waals surface area contributed by atoms with E-state index in [4.69, 9.17) is 9.11 Å². The maximum Gasteiger partial charge on any atom is 0.264 e. The van der Waals surface area contributed by atoms with Gasteiger partial charge in [0.15, 0.2) is 0 Å². The summed E-state index contributed by atoms with van der Waals surface area (Å²) in [5, 5.41) is 6.34. The van der Waals surface area contributed by atoms with E-state index in [1.807, 2.05) is 0 Å². The number of hydrogen-bond donors (Lipinski definition) is 4. The molecular weight excluding hydrogens is 518 g/mol. The number of rotatable bonds is 12. The molecule has 0 radical (unpaired) electrons. The third-order valence-electron chi connectivity index (χ3n) is 3.25. The molecule has 0 spiro atoms. The van der Waals surface area contributed by atoms with Gasteiger partial charge in [-0.05, 0) is 57.5 Å². The second kappa shape index (κ2) is 10.8. The Balaban J connectivity index is 2.58. The Labute approximate surface area is 170 Å². The number of aromatic nitrogens is 1. The lowest BCUT2D eigenvalue weighted by molar-refractivity contribution is 0.478. The Morgan fingerprint density at radius 1 is 0.846 bits per heavy atom. The quantitative estimate of drug-likeness (QED) is 0.179. The molecule has 0 amide bonds. The molecule has 0 unspecified atom stereocenters. The topological polar surface area (TPSA) is 146 Å². The Kier molecular flexibility index (Phi) is 9.75. The summed E-state index contributed by atoms with van der Waals surface area (Å²) in [6, 6.07) is 0. The highest BCUT2D eigenvalue weighted by molar-refractivity contribution is 9.11. The minimum atomic E-state index is -3.95. The van der Waals surface area contributed by atoms with Crippen LogP contribution in [0, 0.1) is 0 Å². The first-order chi connectivity index (χ1) is 12.0. The Morgan fingerprint density at radius 2 is 1.31 bits per heavy atom. The second-order valence-corrected chi connectivity index (χ2v) is 10.2. The molecule has 0 aliphatic rings. The van der Waals surface area contributed by atoms with E-state index in [0.29, 0.717) is 53.5 Å². The molecular formula is C13H21Br2N3O6S2. The molecule has 1 heterocycles. The molecule has 0 saturated carbocycles. The second-order valence-electron chi connectivity index (χ2n) is 5.49. The van der Waals surface area contributed by atoms with E-state index in [1.54, 1.807) is 6.20 Å². The van der Waals surface area contributed by atoms with Crippen molar-refractivity contribution in [3.63, 3.8) is 0 Å². The van der Waals surface area contributed by atoms with Crippen molar-refractivity contribution in [2.24, 2.45) is 0 Å². The van der Waals surface area contributed by atoms with Gasteiger partial charge in [-0.1, -0.05) is 0 Å². The number of anilines is 2. The standard InChI is InChI=1S/C13H21Br2N3O6S2/c14-10-9-18-13(15)12(17-6-2-4-8-26(22,23)24)11(10)16-5-1-3-7-25(19,20)21/h9,17H,1-8H2,(H,16,18)(H,19,20,21)(H,22,23,24). The minimum absolute atomic E-state index is 0.283. The van der Waals surface area contributed by atoms with Crippen molar-refractivity contribution >= 4 is 63.5 Å². The molecule has 0 aromatic carbocycles. The lowest BCUT2D eigenvalue weighted by Gasteiger charge is -2.16. The monoisotopic (exact) mass is 537 g/mol. The first-order valence-corrected chi connectivity index (χ1v) is 12.5. The van der Waals surface area contributed by atoms with Crippen molar-refractivity contribution in [2.75, 3.05) is 35.2 Å². The van der Waals surface area contributed by atoms with Crippen molar-refractivity contribution in [3.8, 4) is 0 Å². The average Bonchev–Trinajstić information content (AvgIpc) is 2.49. The maximum absolute atomic E-state index is 10.7. The van der Waals surface area contributed by atoms with Gasteiger partial charge >= 0.3 is 0 Å². The molecule has 1 rings (SSSR count). The fourth-order valence-corrected chi connectivity index (χ4v) is 4.06. The summed E-state index contributed by atoms with van der Waals surface area (Å²) >= 11 is 6.75. The van der Waals surface area contributed by atoms with Crippen LogP contribution in [0.25, 0.3) is 0 Å². The smallest absolute Gasteiger partial charge is 0.264 e. The number of pyridine rings is 1. The summed E-state index contributed by atoms with van der Waals surface area (Å²) in [6.45, 7) is 0.964. The summed E-state index contributed by atoms with van der Waals surface area (Å²) in [7, 11) is -7.90. The molecule has 13 heteroatoms.